The highest BCUT2D eigenvalue weighted by atomic mass is 16.3. The Labute approximate surface area is 68.1 Å². The molecule has 0 aromatic rings. The molecule has 0 aromatic heterocycles. The second-order valence-electron chi connectivity index (χ2n) is 2.29. The summed E-state index contributed by atoms with van der Waals surface area (Å²) < 4.78 is 5.10. The van der Waals surface area contributed by atoms with Gasteiger partial charge in [0.15, 0.2) is 11.5 Å². The van der Waals surface area contributed by atoms with E-state index in [0.717, 1.165) is 0 Å². The van der Waals surface area contributed by atoms with Crippen LogP contribution >= 0.6 is 0 Å². The smallest absolute Gasteiger partial charge is 0.185 e. The molecule has 2 aliphatic heterocycles. The lowest BCUT2D eigenvalue weighted by Gasteiger charge is -1.94. The molecule has 12 heavy (non-hydrogen) atoms. The molecule has 0 aromatic carbocycles. The molecule has 5 nitrogen and oxygen atoms in total. The maximum atomic E-state index is 7.15. The van der Waals surface area contributed by atoms with Gasteiger partial charge in [-0.1, -0.05) is 0 Å². The fourth-order valence-electron chi connectivity index (χ4n) is 0.955. The number of nitrogens with one attached hydrogen (secondary N) is 1. The Hall–Kier alpha value is -1.91. The van der Waals surface area contributed by atoms with Crippen LogP contribution in [0.2, 0.25) is 0 Å². The van der Waals surface area contributed by atoms with E-state index in [1.54, 1.807) is 12.1 Å². The van der Waals surface area contributed by atoms with Crippen molar-refractivity contribution in [1.82, 2.24) is 10.2 Å². The molecular formula is C7H6N4O. The largest absolute Gasteiger partial charge is 0.460 e. The second kappa shape index (κ2) is 2.30. The van der Waals surface area contributed by atoms with E-state index in [0.29, 0.717) is 17.1 Å². The molecule has 0 amide bonds. The summed E-state index contributed by atoms with van der Waals surface area (Å²) in [5, 5.41) is 14.6. The van der Waals surface area contributed by atoms with Gasteiger partial charge in [0.1, 0.15) is 11.5 Å². The van der Waals surface area contributed by atoms with Gasteiger partial charge in [-0.25, -0.2) is 0 Å². The summed E-state index contributed by atoms with van der Waals surface area (Å²) in [6.45, 7) is 0. The van der Waals surface area contributed by atoms with Crippen LogP contribution in [0.1, 0.15) is 5.69 Å². The van der Waals surface area contributed by atoms with Crippen molar-refractivity contribution in [2.24, 2.45) is 5.73 Å². The van der Waals surface area contributed by atoms with Crippen molar-refractivity contribution in [2.75, 3.05) is 0 Å². The number of nitrogens with zero attached hydrogens (tertiary/aromatic N) is 2. The monoisotopic (exact) mass is 162 g/mol. The minimum absolute atomic E-state index is 0.132. The van der Waals surface area contributed by atoms with Crippen molar-refractivity contribution in [3.05, 3.63) is 24.1 Å². The summed E-state index contributed by atoms with van der Waals surface area (Å²) in [6.07, 6.45) is 1.50. The van der Waals surface area contributed by atoms with Gasteiger partial charge < -0.3 is 10.2 Å². The fourth-order valence-corrected chi connectivity index (χ4v) is 0.955. The zero-order valence-corrected chi connectivity index (χ0v) is 6.11. The molecule has 3 N–H and O–H groups in total. The average molecular weight is 162 g/mol. The van der Waals surface area contributed by atoms with Gasteiger partial charge >= 0.3 is 0 Å². The Morgan fingerprint density at radius 3 is 3.08 bits per heavy atom. The molecular weight excluding hydrogens is 156 g/mol. The summed E-state index contributed by atoms with van der Waals surface area (Å²) >= 11 is 0. The Bertz CT molecular complexity index is 394. The predicted molar refractivity (Wildman–Crippen MR) is 41.9 cm³/mol. The number of hydrogen-bond acceptors (Lipinski definition) is 4. The lowest BCUT2D eigenvalue weighted by atomic mass is 10.2. The van der Waals surface area contributed by atoms with Crippen molar-refractivity contribution in [3.63, 3.8) is 0 Å². The first-order chi connectivity index (χ1) is 5.79. The third-order valence-electron chi connectivity index (χ3n) is 1.48. The van der Waals surface area contributed by atoms with E-state index in [4.69, 9.17) is 15.6 Å². The molecule has 0 atom stereocenters. The minimum Gasteiger partial charge on any atom is -0.460 e. The van der Waals surface area contributed by atoms with E-state index >= 15 is 0 Å². The Kier molecular flexibility index (Phi) is 1.30. The van der Waals surface area contributed by atoms with Crippen molar-refractivity contribution in [3.8, 4) is 11.5 Å². The van der Waals surface area contributed by atoms with Crippen LogP contribution in [0.4, 0.5) is 0 Å². The van der Waals surface area contributed by atoms with Crippen LogP contribution in [0.25, 0.3) is 11.5 Å². The van der Waals surface area contributed by atoms with Crippen LogP contribution in [0, 0.1) is 5.41 Å². The molecule has 0 unspecified atom stereocenters. The third-order valence-corrected chi connectivity index (χ3v) is 1.48. The van der Waals surface area contributed by atoms with Crippen LogP contribution in [0.3, 0.4) is 0 Å². The van der Waals surface area contributed by atoms with Gasteiger partial charge in [-0.2, -0.15) is 0 Å². The van der Waals surface area contributed by atoms with Crippen molar-refractivity contribution in [2.45, 2.75) is 0 Å². The molecule has 0 fully saturated rings. The SMILES string of the molecule is N=C(N)c1nnc2cccoc1-2. The number of hydrogen-bond donors (Lipinski definition) is 2. The average Bonchev–Trinajstić information content (AvgIpc) is 2.47. The zero-order valence-electron chi connectivity index (χ0n) is 6.11. The molecule has 0 saturated heterocycles. The highest BCUT2D eigenvalue weighted by Gasteiger charge is 2.16. The zero-order chi connectivity index (χ0) is 8.55. The summed E-state index contributed by atoms with van der Waals surface area (Å²) in [6, 6.07) is 3.46. The standard InChI is InChI=1S/C7H6N4O/c8-7(9)5-6-4(10-11-5)2-1-3-12-6/h1-3H,(H3,8,9). The van der Waals surface area contributed by atoms with Crippen LogP contribution in [-0.4, -0.2) is 16.0 Å². The quantitative estimate of drug-likeness (QED) is 0.470. The lowest BCUT2D eigenvalue weighted by molar-refractivity contribution is 0.564. The first-order valence-corrected chi connectivity index (χ1v) is 3.33. The highest BCUT2D eigenvalue weighted by molar-refractivity contribution is 5.98. The van der Waals surface area contributed by atoms with Gasteiger partial charge in [-0.3, -0.25) is 5.41 Å². The van der Waals surface area contributed by atoms with Crippen molar-refractivity contribution < 1.29 is 4.42 Å². The van der Waals surface area contributed by atoms with Crippen LogP contribution in [-0.2, 0) is 0 Å². The maximum absolute atomic E-state index is 7.15. The van der Waals surface area contributed by atoms with Gasteiger partial charge in [0.05, 0.1) is 6.26 Å². The molecule has 0 saturated carbocycles. The Balaban J connectivity index is 2.67. The lowest BCUT2D eigenvalue weighted by Crippen LogP contribution is -2.12. The first-order valence-electron chi connectivity index (χ1n) is 3.33. The summed E-state index contributed by atoms with van der Waals surface area (Å²) in [4.78, 5) is 0. The summed E-state index contributed by atoms with van der Waals surface area (Å²) in [5.41, 5.74) is 6.16. The molecule has 0 bridgehead atoms. The molecule has 60 valence electrons. The van der Waals surface area contributed by atoms with E-state index in [9.17, 15) is 0 Å². The van der Waals surface area contributed by atoms with Gasteiger partial charge in [0.25, 0.3) is 0 Å². The van der Waals surface area contributed by atoms with E-state index in [-0.39, 0.29) is 5.84 Å². The first kappa shape index (κ1) is 6.78. The molecule has 5 heteroatoms. The van der Waals surface area contributed by atoms with Gasteiger partial charge in [-0.15, -0.1) is 10.2 Å². The minimum atomic E-state index is -0.132. The molecule has 2 aliphatic rings. The molecule has 0 aliphatic carbocycles. The number of amidine groups is 1. The van der Waals surface area contributed by atoms with Gasteiger partial charge in [0, 0.05) is 0 Å². The van der Waals surface area contributed by atoms with E-state index in [2.05, 4.69) is 10.2 Å². The molecule has 0 spiro atoms. The van der Waals surface area contributed by atoms with E-state index < -0.39 is 0 Å². The van der Waals surface area contributed by atoms with Gasteiger partial charge in [-0.05, 0) is 12.1 Å². The number of nitrogens with two attached hydrogens (primary N) is 1. The fraction of sp³-hybridized carbons (Fsp3) is 0. The second-order valence-corrected chi connectivity index (χ2v) is 2.29. The number of rotatable bonds is 1. The highest BCUT2D eigenvalue weighted by Crippen LogP contribution is 2.21. The normalized spacial score (nSPS) is 10.3. The van der Waals surface area contributed by atoms with Crippen molar-refractivity contribution in [1.29, 1.82) is 5.41 Å². The number of nitrogen functional groups attached to an aromatic ring is 1. The summed E-state index contributed by atoms with van der Waals surface area (Å²) in [7, 11) is 0. The molecule has 2 heterocycles. The Morgan fingerprint density at radius 1 is 1.50 bits per heavy atom. The number of aromatic nitrogens is 2. The van der Waals surface area contributed by atoms with E-state index in [1.807, 2.05) is 0 Å². The van der Waals surface area contributed by atoms with Crippen LogP contribution in [0.5, 0.6) is 0 Å². The number of fused-ring (bicyclic) bond motifs is 1. The van der Waals surface area contributed by atoms with Crippen molar-refractivity contribution >= 4 is 5.84 Å². The molecule has 0 radical (unpaired) electrons. The summed E-state index contributed by atoms with van der Waals surface area (Å²) in [5.74, 6) is 0.331. The predicted octanol–water partition coefficient (Wildman–Crippen LogP) is 0.458. The van der Waals surface area contributed by atoms with Gasteiger partial charge in [0.2, 0.25) is 0 Å². The van der Waals surface area contributed by atoms with E-state index in [1.165, 1.54) is 6.26 Å². The maximum Gasteiger partial charge on any atom is 0.185 e. The Morgan fingerprint density at radius 2 is 2.33 bits per heavy atom. The topological polar surface area (TPSA) is 88.8 Å². The molecule has 2 rings (SSSR count). The van der Waals surface area contributed by atoms with Crippen LogP contribution in [0.15, 0.2) is 22.8 Å². The van der Waals surface area contributed by atoms with Crippen LogP contribution < -0.4 is 5.73 Å². The third kappa shape index (κ3) is 0.833.